The lowest BCUT2D eigenvalue weighted by Crippen LogP contribution is -2.38. The van der Waals surface area contributed by atoms with Crippen LogP contribution in [0.25, 0.3) is 0 Å². The lowest BCUT2D eigenvalue weighted by atomic mass is 9.99. The van der Waals surface area contributed by atoms with E-state index in [4.69, 9.17) is 5.73 Å². The lowest BCUT2D eigenvalue weighted by Gasteiger charge is -2.33. The van der Waals surface area contributed by atoms with Crippen LogP contribution in [0.15, 0.2) is 53.4 Å². The fourth-order valence-corrected chi connectivity index (χ4v) is 4.32. The molecule has 3 rings (SSSR count). The summed E-state index contributed by atoms with van der Waals surface area (Å²) in [6.45, 7) is 2.30. The molecule has 0 radical (unpaired) electrons. The van der Waals surface area contributed by atoms with Gasteiger partial charge in [-0.05, 0) is 42.7 Å². The van der Waals surface area contributed by atoms with Crippen LogP contribution in [0.3, 0.4) is 0 Å². The van der Waals surface area contributed by atoms with Crippen molar-refractivity contribution in [3.63, 3.8) is 0 Å². The standard InChI is InChI=1S/C16H18N2O2S/c1-12-5-4-6-13(11-12)21(19,20)18-10-9-15(17)14-7-2-3-8-16(14)18/h2-8,11,15H,9-10,17H2,1H3. The van der Waals surface area contributed by atoms with Crippen molar-refractivity contribution in [3.05, 3.63) is 59.7 Å². The Morgan fingerprint density at radius 3 is 2.67 bits per heavy atom. The average molecular weight is 302 g/mol. The summed E-state index contributed by atoms with van der Waals surface area (Å²) in [4.78, 5) is 0.327. The van der Waals surface area contributed by atoms with Gasteiger partial charge in [0, 0.05) is 12.6 Å². The highest BCUT2D eigenvalue weighted by atomic mass is 32.2. The van der Waals surface area contributed by atoms with E-state index in [1.807, 2.05) is 37.3 Å². The van der Waals surface area contributed by atoms with Gasteiger partial charge >= 0.3 is 0 Å². The first-order valence-electron chi connectivity index (χ1n) is 6.94. The van der Waals surface area contributed by atoms with E-state index < -0.39 is 10.0 Å². The molecule has 0 saturated heterocycles. The van der Waals surface area contributed by atoms with E-state index >= 15 is 0 Å². The third-order valence-electron chi connectivity index (χ3n) is 3.83. The molecule has 110 valence electrons. The third-order valence-corrected chi connectivity index (χ3v) is 5.63. The van der Waals surface area contributed by atoms with Crippen LogP contribution in [0.4, 0.5) is 5.69 Å². The first-order valence-corrected chi connectivity index (χ1v) is 8.38. The van der Waals surface area contributed by atoms with Crippen molar-refractivity contribution < 1.29 is 8.42 Å². The molecule has 1 heterocycles. The zero-order valence-corrected chi connectivity index (χ0v) is 12.7. The predicted molar refractivity (Wildman–Crippen MR) is 83.7 cm³/mol. The number of nitrogens with two attached hydrogens (primary N) is 1. The van der Waals surface area contributed by atoms with Gasteiger partial charge in [-0.15, -0.1) is 0 Å². The molecule has 2 N–H and O–H groups in total. The Balaban J connectivity index is 2.11. The van der Waals surface area contributed by atoms with Crippen LogP contribution in [0.5, 0.6) is 0 Å². The van der Waals surface area contributed by atoms with E-state index in [0.29, 0.717) is 23.5 Å². The van der Waals surface area contributed by atoms with E-state index in [1.54, 1.807) is 18.2 Å². The minimum atomic E-state index is -3.54. The number of sulfonamides is 1. The Morgan fingerprint density at radius 2 is 1.90 bits per heavy atom. The Labute approximate surface area is 125 Å². The minimum absolute atomic E-state index is 0.106. The van der Waals surface area contributed by atoms with Crippen LogP contribution in [0.1, 0.15) is 23.6 Å². The van der Waals surface area contributed by atoms with Crippen molar-refractivity contribution >= 4 is 15.7 Å². The fraction of sp³-hybridized carbons (Fsp3) is 0.250. The van der Waals surface area contributed by atoms with Crippen molar-refractivity contribution in [2.24, 2.45) is 5.73 Å². The van der Waals surface area contributed by atoms with E-state index in [1.165, 1.54) is 4.31 Å². The molecule has 2 aromatic carbocycles. The summed E-state index contributed by atoms with van der Waals surface area (Å²) < 4.78 is 27.3. The highest BCUT2D eigenvalue weighted by Gasteiger charge is 2.31. The van der Waals surface area contributed by atoms with Crippen molar-refractivity contribution in [1.82, 2.24) is 0 Å². The number of hydrogen-bond donors (Lipinski definition) is 1. The van der Waals surface area contributed by atoms with Crippen LogP contribution < -0.4 is 10.0 Å². The van der Waals surface area contributed by atoms with Crippen LogP contribution >= 0.6 is 0 Å². The SMILES string of the molecule is Cc1cccc(S(=O)(=O)N2CCC(N)c3ccccc32)c1. The summed E-state index contributed by atoms with van der Waals surface area (Å²) in [6.07, 6.45) is 0.627. The largest absolute Gasteiger partial charge is 0.324 e. The molecule has 2 aromatic rings. The first-order chi connectivity index (χ1) is 10.00. The van der Waals surface area contributed by atoms with Crippen LogP contribution in [-0.2, 0) is 10.0 Å². The van der Waals surface area contributed by atoms with Crippen molar-refractivity contribution in [1.29, 1.82) is 0 Å². The molecule has 0 saturated carbocycles. The maximum atomic E-state index is 12.9. The number of hydrogen-bond acceptors (Lipinski definition) is 3. The Bertz CT molecular complexity index is 771. The Morgan fingerprint density at radius 1 is 1.14 bits per heavy atom. The molecule has 0 aromatic heterocycles. The molecule has 1 unspecified atom stereocenters. The van der Waals surface area contributed by atoms with Crippen molar-refractivity contribution in [2.75, 3.05) is 10.8 Å². The highest BCUT2D eigenvalue weighted by Crippen LogP contribution is 2.35. The predicted octanol–water partition coefficient (Wildman–Crippen LogP) is 2.59. The topological polar surface area (TPSA) is 63.4 Å². The van der Waals surface area contributed by atoms with Gasteiger partial charge in [-0.3, -0.25) is 4.31 Å². The van der Waals surface area contributed by atoms with Crippen LogP contribution in [0, 0.1) is 6.92 Å². The summed E-state index contributed by atoms with van der Waals surface area (Å²) in [6, 6.07) is 14.3. The molecule has 21 heavy (non-hydrogen) atoms. The number of anilines is 1. The van der Waals surface area contributed by atoms with Gasteiger partial charge in [0.05, 0.1) is 10.6 Å². The zero-order valence-electron chi connectivity index (χ0n) is 11.9. The van der Waals surface area contributed by atoms with Gasteiger partial charge in [-0.2, -0.15) is 0 Å². The number of rotatable bonds is 2. The summed E-state index contributed by atoms with van der Waals surface area (Å²) in [7, 11) is -3.54. The molecule has 0 amide bonds. The maximum Gasteiger partial charge on any atom is 0.264 e. The molecular weight excluding hydrogens is 284 g/mol. The Kier molecular flexibility index (Phi) is 3.47. The fourth-order valence-electron chi connectivity index (χ4n) is 2.71. The van der Waals surface area contributed by atoms with Crippen molar-refractivity contribution in [3.8, 4) is 0 Å². The monoisotopic (exact) mass is 302 g/mol. The van der Waals surface area contributed by atoms with Crippen LogP contribution in [-0.4, -0.2) is 15.0 Å². The molecule has 0 bridgehead atoms. The minimum Gasteiger partial charge on any atom is -0.324 e. The van der Waals surface area contributed by atoms with Crippen LogP contribution in [0.2, 0.25) is 0 Å². The molecule has 1 aliphatic heterocycles. The average Bonchev–Trinajstić information content (AvgIpc) is 2.47. The first kappa shape index (κ1) is 14.1. The lowest BCUT2D eigenvalue weighted by molar-refractivity contribution is 0.574. The van der Waals surface area contributed by atoms with E-state index in [2.05, 4.69) is 0 Å². The van der Waals surface area contributed by atoms with Gasteiger partial charge in [0.2, 0.25) is 0 Å². The number of nitrogens with zero attached hydrogens (tertiary/aromatic N) is 1. The molecule has 0 spiro atoms. The van der Waals surface area contributed by atoms with E-state index in [-0.39, 0.29) is 6.04 Å². The van der Waals surface area contributed by atoms with Gasteiger partial charge in [0.25, 0.3) is 10.0 Å². The molecule has 0 aliphatic carbocycles. The van der Waals surface area contributed by atoms with E-state index in [0.717, 1.165) is 11.1 Å². The van der Waals surface area contributed by atoms with E-state index in [9.17, 15) is 8.42 Å². The third kappa shape index (κ3) is 2.43. The summed E-state index contributed by atoms with van der Waals surface area (Å²) in [5, 5.41) is 0. The molecule has 1 atom stereocenters. The van der Waals surface area contributed by atoms with Gasteiger partial charge in [-0.25, -0.2) is 8.42 Å². The number of aryl methyl sites for hydroxylation is 1. The summed E-state index contributed by atoms with van der Waals surface area (Å²) in [5.41, 5.74) is 8.60. The van der Waals surface area contributed by atoms with Gasteiger partial charge < -0.3 is 5.73 Å². The van der Waals surface area contributed by atoms with Crippen molar-refractivity contribution in [2.45, 2.75) is 24.3 Å². The normalized spacial score (nSPS) is 18.4. The van der Waals surface area contributed by atoms with Gasteiger partial charge in [0.15, 0.2) is 0 Å². The second kappa shape index (κ2) is 5.16. The summed E-state index contributed by atoms with van der Waals surface area (Å²) >= 11 is 0. The number of benzene rings is 2. The number of para-hydroxylation sites is 1. The second-order valence-electron chi connectivity index (χ2n) is 5.35. The Hall–Kier alpha value is -1.85. The van der Waals surface area contributed by atoms with Gasteiger partial charge in [-0.1, -0.05) is 30.3 Å². The smallest absolute Gasteiger partial charge is 0.264 e. The molecule has 1 aliphatic rings. The molecule has 5 heteroatoms. The van der Waals surface area contributed by atoms with Gasteiger partial charge in [0.1, 0.15) is 0 Å². The molecule has 0 fully saturated rings. The molecular formula is C16H18N2O2S. The quantitative estimate of drug-likeness (QED) is 0.927. The maximum absolute atomic E-state index is 12.9. The number of fused-ring (bicyclic) bond motifs is 1. The second-order valence-corrected chi connectivity index (χ2v) is 7.21. The highest BCUT2D eigenvalue weighted by molar-refractivity contribution is 7.92. The molecule has 4 nitrogen and oxygen atoms in total. The zero-order chi connectivity index (χ0) is 15.0. The summed E-state index contributed by atoms with van der Waals surface area (Å²) in [5.74, 6) is 0.